The van der Waals surface area contributed by atoms with Crippen LogP contribution in [0.15, 0.2) is 36.4 Å². The van der Waals surface area contributed by atoms with Gasteiger partial charge in [0.05, 0.1) is 17.1 Å². The maximum absolute atomic E-state index is 14.1. The van der Waals surface area contributed by atoms with E-state index in [1.807, 2.05) is 9.80 Å². The van der Waals surface area contributed by atoms with Crippen molar-refractivity contribution >= 4 is 30.1 Å². The number of thiol groups is 1. The van der Waals surface area contributed by atoms with Crippen LogP contribution in [0.3, 0.4) is 0 Å². The SMILES string of the molecule is O=C1CCC(N2Cc3ccc(CN4CCN(c5cccc(F)c5F)CC4)cc3C2S)C(=O)N1. The number of rotatable bonds is 4. The predicted octanol–water partition coefficient (Wildman–Crippen LogP) is 2.84. The number of anilines is 1. The van der Waals surface area contributed by atoms with Crippen molar-refractivity contribution in [1.29, 1.82) is 0 Å². The second kappa shape index (κ2) is 9.04. The molecule has 2 aromatic carbocycles. The molecule has 2 amide bonds. The fourth-order valence-corrected chi connectivity index (χ4v) is 5.49. The second-order valence-electron chi connectivity index (χ2n) is 8.88. The molecule has 0 radical (unpaired) electrons. The van der Waals surface area contributed by atoms with E-state index in [2.05, 4.69) is 28.4 Å². The van der Waals surface area contributed by atoms with Crippen LogP contribution in [-0.4, -0.2) is 53.8 Å². The molecule has 2 aromatic rings. The van der Waals surface area contributed by atoms with Crippen LogP contribution >= 0.6 is 12.6 Å². The third-order valence-corrected chi connectivity index (χ3v) is 7.39. The lowest BCUT2D eigenvalue weighted by atomic mass is 10.0. The number of nitrogens with one attached hydrogen (secondary N) is 1. The number of fused-ring (bicyclic) bond motifs is 1. The van der Waals surface area contributed by atoms with Crippen molar-refractivity contribution in [1.82, 2.24) is 15.1 Å². The number of amides is 2. The lowest BCUT2D eigenvalue weighted by Gasteiger charge is -2.36. The van der Waals surface area contributed by atoms with Crippen LogP contribution in [0.25, 0.3) is 0 Å². The van der Waals surface area contributed by atoms with Crippen molar-refractivity contribution in [2.45, 2.75) is 37.3 Å². The number of piperidine rings is 1. The van der Waals surface area contributed by atoms with Gasteiger partial charge in [-0.25, -0.2) is 8.78 Å². The molecular weight excluding hydrogens is 446 g/mol. The molecule has 2 atom stereocenters. The summed E-state index contributed by atoms with van der Waals surface area (Å²) in [4.78, 5) is 30.0. The number of piperazine rings is 1. The summed E-state index contributed by atoms with van der Waals surface area (Å²) in [6.07, 6.45) is 0.860. The molecule has 0 aromatic heterocycles. The van der Waals surface area contributed by atoms with Crippen LogP contribution < -0.4 is 10.2 Å². The van der Waals surface area contributed by atoms with Gasteiger partial charge in [0.2, 0.25) is 11.8 Å². The fraction of sp³-hybridized carbons (Fsp3) is 0.417. The van der Waals surface area contributed by atoms with Gasteiger partial charge in [-0.15, -0.1) is 0 Å². The molecule has 6 nitrogen and oxygen atoms in total. The average molecular weight is 473 g/mol. The molecule has 5 rings (SSSR count). The zero-order valence-corrected chi connectivity index (χ0v) is 19.0. The Balaban J connectivity index is 1.22. The lowest BCUT2D eigenvalue weighted by molar-refractivity contribution is -0.137. The van der Waals surface area contributed by atoms with Gasteiger partial charge in [-0.3, -0.25) is 24.7 Å². The van der Waals surface area contributed by atoms with E-state index in [1.165, 1.54) is 6.07 Å². The van der Waals surface area contributed by atoms with E-state index in [9.17, 15) is 18.4 Å². The van der Waals surface area contributed by atoms with Crippen LogP contribution in [0.2, 0.25) is 0 Å². The summed E-state index contributed by atoms with van der Waals surface area (Å²) >= 11 is 4.80. The number of carbonyl (C=O) groups excluding carboxylic acids is 2. The monoisotopic (exact) mass is 472 g/mol. The highest BCUT2D eigenvalue weighted by atomic mass is 32.1. The van der Waals surface area contributed by atoms with Crippen LogP contribution in [0.1, 0.15) is 34.9 Å². The first-order valence-corrected chi connectivity index (χ1v) is 11.7. The largest absolute Gasteiger partial charge is 0.367 e. The Bertz CT molecular complexity index is 1090. The Morgan fingerprint density at radius 3 is 2.61 bits per heavy atom. The molecule has 0 saturated carbocycles. The van der Waals surface area contributed by atoms with E-state index in [0.717, 1.165) is 42.4 Å². The maximum Gasteiger partial charge on any atom is 0.243 e. The fourth-order valence-electron chi connectivity index (χ4n) is 5.01. The van der Waals surface area contributed by atoms with Gasteiger partial charge in [0.15, 0.2) is 11.6 Å². The highest BCUT2D eigenvalue weighted by molar-refractivity contribution is 7.80. The first-order chi connectivity index (χ1) is 15.9. The van der Waals surface area contributed by atoms with Crippen molar-refractivity contribution in [2.24, 2.45) is 0 Å². The summed E-state index contributed by atoms with van der Waals surface area (Å²) in [6.45, 7) is 4.15. The smallest absolute Gasteiger partial charge is 0.243 e. The first-order valence-electron chi connectivity index (χ1n) is 11.2. The minimum absolute atomic E-state index is 0.197. The molecule has 2 unspecified atom stereocenters. The Hall–Kier alpha value is -2.49. The van der Waals surface area contributed by atoms with Gasteiger partial charge in [0, 0.05) is 45.7 Å². The topological polar surface area (TPSA) is 55.9 Å². The first kappa shape index (κ1) is 22.3. The zero-order chi connectivity index (χ0) is 23.1. The molecule has 0 bridgehead atoms. The number of nitrogens with zero attached hydrogens (tertiary/aromatic N) is 3. The Morgan fingerprint density at radius 1 is 1.06 bits per heavy atom. The van der Waals surface area contributed by atoms with E-state index in [4.69, 9.17) is 12.6 Å². The Labute approximate surface area is 196 Å². The quantitative estimate of drug-likeness (QED) is 0.530. The summed E-state index contributed by atoms with van der Waals surface area (Å²) in [5.74, 6) is -2.07. The highest BCUT2D eigenvalue weighted by Crippen LogP contribution is 2.39. The number of halogens is 2. The molecule has 174 valence electrons. The summed E-state index contributed by atoms with van der Waals surface area (Å²) in [7, 11) is 0. The molecule has 1 N–H and O–H groups in total. The number of imide groups is 1. The molecule has 3 aliphatic heterocycles. The lowest BCUT2D eigenvalue weighted by Crippen LogP contribution is -2.51. The summed E-state index contributed by atoms with van der Waals surface area (Å²) in [5.41, 5.74) is 3.72. The second-order valence-corrected chi connectivity index (χ2v) is 9.37. The van der Waals surface area contributed by atoms with Crippen LogP contribution in [0.4, 0.5) is 14.5 Å². The molecule has 0 aliphatic carbocycles. The minimum Gasteiger partial charge on any atom is -0.367 e. The molecule has 3 heterocycles. The van der Waals surface area contributed by atoms with Gasteiger partial charge in [-0.2, -0.15) is 12.6 Å². The Morgan fingerprint density at radius 2 is 1.85 bits per heavy atom. The van der Waals surface area contributed by atoms with Crippen molar-refractivity contribution in [3.63, 3.8) is 0 Å². The number of carbonyl (C=O) groups is 2. The minimum atomic E-state index is -0.819. The summed E-state index contributed by atoms with van der Waals surface area (Å²) < 4.78 is 27.7. The normalized spacial score (nSPS) is 24.2. The van der Waals surface area contributed by atoms with Crippen molar-refractivity contribution in [2.75, 3.05) is 31.1 Å². The highest BCUT2D eigenvalue weighted by Gasteiger charge is 2.39. The Kier molecular flexibility index (Phi) is 6.11. The van der Waals surface area contributed by atoms with Gasteiger partial charge in [-0.1, -0.05) is 24.3 Å². The average Bonchev–Trinajstić information content (AvgIpc) is 3.12. The van der Waals surface area contributed by atoms with Gasteiger partial charge in [-0.05, 0) is 35.2 Å². The van der Waals surface area contributed by atoms with Crippen LogP contribution in [0.5, 0.6) is 0 Å². The predicted molar refractivity (Wildman–Crippen MR) is 124 cm³/mol. The van der Waals surface area contributed by atoms with Gasteiger partial charge < -0.3 is 4.90 Å². The van der Waals surface area contributed by atoms with E-state index >= 15 is 0 Å². The number of benzene rings is 2. The van der Waals surface area contributed by atoms with Crippen molar-refractivity contribution < 1.29 is 18.4 Å². The third kappa shape index (κ3) is 4.37. The van der Waals surface area contributed by atoms with E-state index in [-0.39, 0.29) is 23.2 Å². The molecular formula is C24H26F2N4O2S. The third-order valence-electron chi connectivity index (χ3n) is 6.82. The van der Waals surface area contributed by atoms with Crippen LogP contribution in [-0.2, 0) is 22.7 Å². The molecule has 2 fully saturated rings. The van der Waals surface area contributed by atoms with E-state index in [1.54, 1.807) is 6.07 Å². The van der Waals surface area contributed by atoms with Crippen LogP contribution in [0, 0.1) is 11.6 Å². The molecule has 33 heavy (non-hydrogen) atoms. The number of hydrogen-bond donors (Lipinski definition) is 2. The summed E-state index contributed by atoms with van der Waals surface area (Å²) in [5, 5.41) is 2.24. The van der Waals surface area contributed by atoms with Gasteiger partial charge in [0.25, 0.3) is 0 Å². The molecule has 3 aliphatic rings. The standard InChI is InChI=1S/C24H26F2N4O2S/c25-18-2-1-3-19(22(18)26)29-10-8-28(9-11-29)13-15-4-5-16-14-30(24(33)17(16)12-15)20-6-7-21(31)27-23(20)32/h1-5,12,20,24,33H,6-11,13-14H2,(H,27,31,32). The summed E-state index contributed by atoms with van der Waals surface area (Å²) in [6, 6.07) is 10.3. The molecule has 2 saturated heterocycles. The van der Waals surface area contributed by atoms with Gasteiger partial charge in [0.1, 0.15) is 0 Å². The van der Waals surface area contributed by atoms with Gasteiger partial charge >= 0.3 is 0 Å². The zero-order valence-electron chi connectivity index (χ0n) is 18.1. The number of hydrogen-bond acceptors (Lipinski definition) is 6. The van der Waals surface area contributed by atoms with Crippen molar-refractivity contribution in [3.8, 4) is 0 Å². The van der Waals surface area contributed by atoms with Crippen molar-refractivity contribution in [3.05, 3.63) is 64.7 Å². The van der Waals surface area contributed by atoms with E-state index in [0.29, 0.717) is 38.2 Å². The molecule has 9 heteroatoms. The maximum atomic E-state index is 14.1. The molecule has 0 spiro atoms. The van der Waals surface area contributed by atoms with E-state index < -0.39 is 11.6 Å².